The molecule has 2 aliphatic carbocycles. The summed E-state index contributed by atoms with van der Waals surface area (Å²) in [6.07, 6.45) is 2.85. The summed E-state index contributed by atoms with van der Waals surface area (Å²) in [5, 5.41) is 8.79. The number of carbonyl (C=O) groups is 2. The van der Waals surface area contributed by atoms with Crippen molar-refractivity contribution in [3.63, 3.8) is 0 Å². The van der Waals surface area contributed by atoms with Crippen molar-refractivity contribution in [3.05, 3.63) is 0 Å². The van der Waals surface area contributed by atoms with Crippen LogP contribution in [0.5, 0.6) is 0 Å². The van der Waals surface area contributed by atoms with Crippen LogP contribution in [0.15, 0.2) is 0 Å². The van der Waals surface area contributed by atoms with Crippen LogP contribution in [0.2, 0.25) is 0 Å². The molecule has 0 aromatic carbocycles. The van der Waals surface area contributed by atoms with Gasteiger partial charge in [-0.3, -0.25) is 9.59 Å². The van der Waals surface area contributed by atoms with E-state index in [0.29, 0.717) is 6.42 Å². The average molecular weight is 225 g/mol. The average Bonchev–Trinajstić information content (AvgIpc) is 3.08. The van der Waals surface area contributed by atoms with Gasteiger partial charge in [-0.05, 0) is 31.6 Å². The summed E-state index contributed by atoms with van der Waals surface area (Å²) < 4.78 is 0. The molecule has 1 N–H and O–H groups in total. The zero-order valence-corrected chi connectivity index (χ0v) is 10.1. The van der Waals surface area contributed by atoms with Crippen LogP contribution in [0.4, 0.5) is 0 Å². The van der Waals surface area contributed by atoms with Gasteiger partial charge in [0.1, 0.15) is 0 Å². The van der Waals surface area contributed by atoms with Crippen LogP contribution in [-0.2, 0) is 9.59 Å². The maximum Gasteiger partial charge on any atom is 0.307 e. The molecule has 0 aromatic rings. The van der Waals surface area contributed by atoms with Crippen molar-refractivity contribution in [1.82, 2.24) is 4.90 Å². The minimum atomic E-state index is -0.836. The van der Waals surface area contributed by atoms with Crippen molar-refractivity contribution in [3.8, 4) is 0 Å². The molecule has 4 heteroatoms. The van der Waals surface area contributed by atoms with Crippen LogP contribution >= 0.6 is 0 Å². The highest BCUT2D eigenvalue weighted by Gasteiger charge is 2.52. The Kier molecular flexibility index (Phi) is 2.48. The van der Waals surface area contributed by atoms with Gasteiger partial charge in [-0.1, -0.05) is 6.92 Å². The fourth-order valence-electron chi connectivity index (χ4n) is 2.28. The fourth-order valence-corrected chi connectivity index (χ4v) is 2.28. The third-order valence-corrected chi connectivity index (χ3v) is 4.40. The van der Waals surface area contributed by atoms with E-state index in [9.17, 15) is 9.59 Å². The molecule has 0 aromatic heterocycles. The van der Waals surface area contributed by atoms with Gasteiger partial charge in [0.25, 0.3) is 0 Å². The van der Waals surface area contributed by atoms with E-state index in [1.54, 1.807) is 11.9 Å². The summed E-state index contributed by atoms with van der Waals surface area (Å²) in [6, 6.07) is 0.218. The van der Waals surface area contributed by atoms with Gasteiger partial charge in [0.05, 0.1) is 11.8 Å². The van der Waals surface area contributed by atoms with Gasteiger partial charge in [-0.2, -0.15) is 0 Å². The molecule has 0 heterocycles. The molecule has 0 aliphatic heterocycles. The second kappa shape index (κ2) is 3.47. The Morgan fingerprint density at radius 2 is 1.94 bits per heavy atom. The Bertz CT molecular complexity index is 335. The largest absolute Gasteiger partial charge is 0.481 e. The molecule has 16 heavy (non-hydrogen) atoms. The molecule has 3 atom stereocenters. The van der Waals surface area contributed by atoms with Crippen molar-refractivity contribution in [2.24, 2.45) is 17.3 Å². The lowest BCUT2D eigenvalue weighted by Crippen LogP contribution is -2.41. The van der Waals surface area contributed by atoms with Crippen molar-refractivity contribution in [2.75, 3.05) is 7.05 Å². The Morgan fingerprint density at radius 3 is 2.31 bits per heavy atom. The number of hydrogen-bond donors (Lipinski definition) is 1. The van der Waals surface area contributed by atoms with Crippen LogP contribution in [0.1, 0.15) is 33.1 Å². The molecule has 0 radical (unpaired) electrons. The van der Waals surface area contributed by atoms with Crippen LogP contribution in [0, 0.1) is 17.3 Å². The number of nitrogens with zero attached hydrogens (tertiary/aromatic N) is 1. The van der Waals surface area contributed by atoms with Crippen molar-refractivity contribution in [1.29, 1.82) is 0 Å². The molecule has 0 bridgehead atoms. The standard InChI is InChI=1S/C12H19NO3/c1-7(12(2)4-5-12)13(3)10(14)8-6-9(8)11(15)16/h7-9H,4-6H2,1-3H3,(H,15,16). The number of rotatable bonds is 4. The minimum Gasteiger partial charge on any atom is -0.481 e. The molecule has 4 nitrogen and oxygen atoms in total. The maximum atomic E-state index is 12.0. The molecule has 3 unspecified atom stereocenters. The SMILES string of the molecule is CC(N(C)C(=O)C1CC1C(=O)O)C1(C)CC1. The first kappa shape index (κ1) is 11.4. The van der Waals surface area contributed by atoms with Gasteiger partial charge in [-0.15, -0.1) is 0 Å². The highest BCUT2D eigenvalue weighted by Crippen LogP contribution is 2.50. The summed E-state index contributed by atoms with van der Waals surface area (Å²) in [5.74, 6) is -1.54. The van der Waals surface area contributed by atoms with E-state index in [0.717, 1.165) is 0 Å². The summed E-state index contributed by atoms with van der Waals surface area (Å²) >= 11 is 0. The third kappa shape index (κ3) is 1.81. The number of amides is 1. The van der Waals surface area contributed by atoms with Gasteiger partial charge in [0, 0.05) is 13.1 Å². The number of carboxylic acid groups (broad SMARTS) is 1. The predicted molar refractivity (Wildman–Crippen MR) is 58.8 cm³/mol. The van der Waals surface area contributed by atoms with Crippen LogP contribution < -0.4 is 0 Å². The minimum absolute atomic E-state index is 0.00743. The number of carboxylic acids is 1. The van der Waals surface area contributed by atoms with E-state index in [1.165, 1.54) is 12.8 Å². The van der Waals surface area contributed by atoms with Crippen LogP contribution in [0.3, 0.4) is 0 Å². The second-order valence-electron chi connectivity index (χ2n) is 5.57. The Hall–Kier alpha value is -1.06. The molecule has 2 aliphatic rings. The van der Waals surface area contributed by atoms with Gasteiger partial charge in [0.2, 0.25) is 5.91 Å². The first-order chi connectivity index (χ1) is 7.37. The summed E-state index contributed by atoms with van der Waals surface area (Å²) in [4.78, 5) is 24.5. The molecule has 2 fully saturated rings. The highest BCUT2D eigenvalue weighted by molar-refractivity contribution is 5.89. The lowest BCUT2D eigenvalue weighted by atomic mass is 9.99. The predicted octanol–water partition coefficient (Wildman–Crippen LogP) is 1.35. The summed E-state index contributed by atoms with van der Waals surface area (Å²) in [5.41, 5.74) is 0.262. The van der Waals surface area contributed by atoms with E-state index in [-0.39, 0.29) is 23.3 Å². The normalized spacial score (nSPS) is 31.7. The number of hydrogen-bond acceptors (Lipinski definition) is 2. The van der Waals surface area contributed by atoms with Gasteiger partial charge < -0.3 is 10.0 Å². The quantitative estimate of drug-likeness (QED) is 0.785. The first-order valence-electron chi connectivity index (χ1n) is 5.86. The monoisotopic (exact) mass is 225 g/mol. The van der Waals surface area contributed by atoms with E-state index in [2.05, 4.69) is 13.8 Å². The van der Waals surface area contributed by atoms with E-state index in [1.807, 2.05) is 0 Å². The van der Waals surface area contributed by atoms with E-state index < -0.39 is 11.9 Å². The Balaban J connectivity index is 1.93. The number of aliphatic carboxylic acids is 1. The molecule has 2 rings (SSSR count). The topological polar surface area (TPSA) is 57.6 Å². The smallest absolute Gasteiger partial charge is 0.307 e. The zero-order chi connectivity index (χ0) is 12.1. The fraction of sp³-hybridized carbons (Fsp3) is 0.833. The van der Waals surface area contributed by atoms with Crippen LogP contribution in [-0.4, -0.2) is 35.0 Å². The molecule has 2 saturated carbocycles. The zero-order valence-electron chi connectivity index (χ0n) is 10.1. The van der Waals surface area contributed by atoms with Gasteiger partial charge in [0.15, 0.2) is 0 Å². The van der Waals surface area contributed by atoms with Crippen molar-refractivity contribution >= 4 is 11.9 Å². The molecular formula is C12H19NO3. The summed E-state index contributed by atoms with van der Waals surface area (Å²) in [6.45, 7) is 4.24. The molecule has 0 spiro atoms. The molecular weight excluding hydrogens is 206 g/mol. The van der Waals surface area contributed by atoms with E-state index in [4.69, 9.17) is 5.11 Å². The lowest BCUT2D eigenvalue weighted by Gasteiger charge is -2.30. The van der Waals surface area contributed by atoms with Gasteiger partial charge >= 0.3 is 5.97 Å². The Morgan fingerprint density at radius 1 is 1.38 bits per heavy atom. The van der Waals surface area contributed by atoms with Crippen molar-refractivity contribution < 1.29 is 14.7 Å². The van der Waals surface area contributed by atoms with Gasteiger partial charge in [-0.25, -0.2) is 0 Å². The Labute approximate surface area is 95.6 Å². The highest BCUT2D eigenvalue weighted by atomic mass is 16.4. The lowest BCUT2D eigenvalue weighted by molar-refractivity contribution is -0.142. The van der Waals surface area contributed by atoms with Crippen molar-refractivity contribution in [2.45, 2.75) is 39.2 Å². The third-order valence-electron chi connectivity index (χ3n) is 4.40. The first-order valence-corrected chi connectivity index (χ1v) is 5.86. The molecule has 0 saturated heterocycles. The van der Waals surface area contributed by atoms with Crippen LogP contribution in [0.25, 0.3) is 0 Å². The second-order valence-corrected chi connectivity index (χ2v) is 5.57. The molecule has 1 amide bonds. The molecule has 90 valence electrons. The van der Waals surface area contributed by atoms with E-state index >= 15 is 0 Å². The number of carbonyl (C=O) groups excluding carboxylic acids is 1. The maximum absolute atomic E-state index is 12.0. The summed E-state index contributed by atoms with van der Waals surface area (Å²) in [7, 11) is 1.80.